The van der Waals surface area contributed by atoms with Gasteiger partial charge in [0.15, 0.2) is 0 Å². The molecule has 2 atom stereocenters. The number of allylic oxidation sites excluding steroid dienone is 1. The molecule has 1 heterocycles. The van der Waals surface area contributed by atoms with Crippen LogP contribution in [0.15, 0.2) is 35.5 Å². The first-order valence-corrected chi connectivity index (χ1v) is 9.17. The summed E-state index contributed by atoms with van der Waals surface area (Å²) >= 11 is 0. The van der Waals surface area contributed by atoms with Gasteiger partial charge in [0, 0.05) is 24.4 Å². The summed E-state index contributed by atoms with van der Waals surface area (Å²) in [5.74, 6) is -3.16. The number of aliphatic hydroxyl groups is 1. The number of esters is 2. The van der Waals surface area contributed by atoms with Crippen molar-refractivity contribution in [2.24, 2.45) is 0 Å². The molecule has 0 amide bonds. The van der Waals surface area contributed by atoms with Gasteiger partial charge in [-0.1, -0.05) is 18.2 Å². The lowest BCUT2D eigenvalue weighted by Gasteiger charge is -2.35. The highest BCUT2D eigenvalue weighted by atomic mass is 16.6. The second-order valence-corrected chi connectivity index (χ2v) is 7.76. The van der Waals surface area contributed by atoms with Crippen LogP contribution in [0.4, 0.5) is 5.69 Å². The smallest absolute Gasteiger partial charge is 0.360 e. The van der Waals surface area contributed by atoms with Crippen LogP contribution in [-0.4, -0.2) is 51.8 Å². The van der Waals surface area contributed by atoms with E-state index in [-0.39, 0.29) is 29.1 Å². The van der Waals surface area contributed by atoms with Crippen LogP contribution >= 0.6 is 0 Å². The molecule has 1 aliphatic rings. The van der Waals surface area contributed by atoms with E-state index in [0.717, 1.165) is 0 Å². The molecule has 0 bridgehead atoms. The lowest BCUT2D eigenvalue weighted by molar-refractivity contribution is -0.385. The number of ether oxygens (including phenoxy) is 2. The number of nitro groups is 1. The van der Waals surface area contributed by atoms with E-state index in [9.17, 15) is 24.8 Å². The van der Waals surface area contributed by atoms with E-state index in [1.165, 1.54) is 43.1 Å². The molecule has 29 heavy (non-hydrogen) atoms. The van der Waals surface area contributed by atoms with Gasteiger partial charge in [-0.2, -0.15) is 0 Å². The molecule has 0 saturated heterocycles. The summed E-state index contributed by atoms with van der Waals surface area (Å²) < 4.78 is 10.5. The topological polar surface area (TPSA) is 119 Å². The number of nitro benzene ring substituents is 1. The predicted octanol–water partition coefficient (Wildman–Crippen LogP) is 2.49. The third-order valence-electron chi connectivity index (χ3n) is 4.73. The van der Waals surface area contributed by atoms with Crippen molar-refractivity contribution < 1.29 is 29.1 Å². The molecule has 2 rings (SSSR count). The quantitative estimate of drug-likeness (QED) is 0.450. The van der Waals surface area contributed by atoms with Gasteiger partial charge in [-0.05, 0) is 34.6 Å². The number of hydrogen-bond donors (Lipinski definition) is 1. The molecular formula is C20H26N2O7. The van der Waals surface area contributed by atoms with Gasteiger partial charge in [0.25, 0.3) is 5.69 Å². The molecule has 9 heteroatoms. The standard InChI is InChI=1S/C20H26N2O7/c1-7-28-18(24)20(25)16(13-10-8-9-11-14(13)22(26)27)15(12(2)21(20)6)17(23)29-19(3,4)5/h8-11,16,25H,7H2,1-6H3/t16-,20+/m0/s1. The van der Waals surface area contributed by atoms with Crippen molar-refractivity contribution in [3.63, 3.8) is 0 Å². The zero-order chi connectivity index (χ0) is 22.1. The number of carbonyl (C=O) groups excluding carboxylic acids is 2. The molecule has 0 saturated carbocycles. The number of carbonyl (C=O) groups is 2. The first-order chi connectivity index (χ1) is 13.4. The lowest BCUT2D eigenvalue weighted by atomic mass is 9.83. The van der Waals surface area contributed by atoms with Gasteiger partial charge in [0.05, 0.1) is 23.0 Å². The number of likely N-dealkylation sites (N-methyl/N-ethyl adjacent to an activating group) is 1. The zero-order valence-corrected chi connectivity index (χ0v) is 17.4. The Morgan fingerprint density at radius 1 is 1.31 bits per heavy atom. The van der Waals surface area contributed by atoms with Crippen LogP contribution in [0.25, 0.3) is 0 Å². The summed E-state index contributed by atoms with van der Waals surface area (Å²) in [7, 11) is 1.42. The number of rotatable bonds is 5. The Balaban J connectivity index is 2.77. The van der Waals surface area contributed by atoms with Gasteiger partial charge in [0.2, 0.25) is 5.72 Å². The zero-order valence-electron chi connectivity index (χ0n) is 17.4. The fraction of sp³-hybridized carbons (Fsp3) is 0.500. The van der Waals surface area contributed by atoms with E-state index in [1.807, 2.05) is 0 Å². The average Bonchev–Trinajstić information content (AvgIpc) is 2.82. The Hall–Kier alpha value is -2.94. The van der Waals surface area contributed by atoms with E-state index in [0.29, 0.717) is 0 Å². The highest BCUT2D eigenvalue weighted by Gasteiger charge is 2.60. The summed E-state index contributed by atoms with van der Waals surface area (Å²) in [5.41, 5.74) is -3.29. The first-order valence-electron chi connectivity index (χ1n) is 9.17. The first kappa shape index (κ1) is 22.4. The maximum Gasteiger partial charge on any atom is 0.360 e. The molecule has 1 aromatic rings. The van der Waals surface area contributed by atoms with Crippen molar-refractivity contribution in [3.05, 3.63) is 51.2 Å². The molecule has 0 aromatic heterocycles. The summed E-state index contributed by atoms with van der Waals surface area (Å²) in [5, 5.41) is 23.1. The van der Waals surface area contributed by atoms with E-state index in [2.05, 4.69) is 0 Å². The van der Waals surface area contributed by atoms with Crippen LogP contribution in [0.2, 0.25) is 0 Å². The van der Waals surface area contributed by atoms with Crippen LogP contribution in [0, 0.1) is 10.1 Å². The number of para-hydroxylation sites is 1. The minimum Gasteiger partial charge on any atom is -0.462 e. The summed E-state index contributed by atoms with van der Waals surface area (Å²) in [6.07, 6.45) is 0. The minimum absolute atomic E-state index is 0.0117. The third-order valence-corrected chi connectivity index (χ3v) is 4.73. The largest absolute Gasteiger partial charge is 0.462 e. The van der Waals surface area contributed by atoms with Crippen LogP contribution in [0.5, 0.6) is 0 Å². The molecule has 1 N–H and O–H groups in total. The number of nitrogens with zero attached hydrogens (tertiary/aromatic N) is 2. The number of hydrogen-bond acceptors (Lipinski definition) is 8. The maximum absolute atomic E-state index is 13.0. The molecule has 158 valence electrons. The van der Waals surface area contributed by atoms with E-state index >= 15 is 0 Å². The highest BCUT2D eigenvalue weighted by Crippen LogP contribution is 2.49. The van der Waals surface area contributed by atoms with Crippen LogP contribution in [0.1, 0.15) is 46.1 Å². The minimum atomic E-state index is -2.35. The molecule has 0 radical (unpaired) electrons. The molecular weight excluding hydrogens is 380 g/mol. The fourth-order valence-corrected chi connectivity index (χ4v) is 3.40. The van der Waals surface area contributed by atoms with E-state index in [1.54, 1.807) is 27.7 Å². The van der Waals surface area contributed by atoms with Gasteiger partial charge in [-0.15, -0.1) is 0 Å². The van der Waals surface area contributed by atoms with Gasteiger partial charge in [0.1, 0.15) is 5.60 Å². The SMILES string of the molecule is CCOC(=O)[C@]1(O)[C@@H](c2ccccc2[N+](=O)[O-])C(C(=O)OC(C)(C)C)=C(C)N1C. The predicted molar refractivity (Wildman–Crippen MR) is 104 cm³/mol. The van der Waals surface area contributed by atoms with E-state index in [4.69, 9.17) is 9.47 Å². The van der Waals surface area contributed by atoms with Gasteiger partial charge >= 0.3 is 11.9 Å². The highest BCUT2D eigenvalue weighted by molar-refractivity contribution is 5.96. The molecule has 1 aliphatic heterocycles. The fourth-order valence-electron chi connectivity index (χ4n) is 3.40. The van der Waals surface area contributed by atoms with Crippen molar-refractivity contribution in [2.75, 3.05) is 13.7 Å². The second-order valence-electron chi connectivity index (χ2n) is 7.76. The molecule has 0 unspecified atom stereocenters. The van der Waals surface area contributed by atoms with Crippen molar-refractivity contribution in [1.82, 2.24) is 4.90 Å². The Labute approximate surface area is 169 Å². The van der Waals surface area contributed by atoms with Gasteiger partial charge in [-0.3, -0.25) is 10.1 Å². The van der Waals surface area contributed by atoms with E-state index < -0.39 is 34.1 Å². The monoisotopic (exact) mass is 406 g/mol. The van der Waals surface area contributed by atoms with Gasteiger partial charge < -0.3 is 19.5 Å². The second kappa shape index (κ2) is 7.82. The van der Waals surface area contributed by atoms with Crippen LogP contribution in [0.3, 0.4) is 0 Å². The maximum atomic E-state index is 13.0. The molecule has 0 fully saturated rings. The Bertz CT molecular complexity index is 872. The van der Waals surface area contributed by atoms with Crippen molar-refractivity contribution >= 4 is 17.6 Å². The van der Waals surface area contributed by atoms with Crippen LogP contribution in [-0.2, 0) is 19.1 Å². The Morgan fingerprint density at radius 3 is 2.41 bits per heavy atom. The molecule has 1 aromatic carbocycles. The average molecular weight is 406 g/mol. The van der Waals surface area contributed by atoms with Gasteiger partial charge in [-0.25, -0.2) is 9.59 Å². The summed E-state index contributed by atoms with van der Waals surface area (Å²) in [4.78, 5) is 38.0. The van der Waals surface area contributed by atoms with Crippen molar-refractivity contribution in [1.29, 1.82) is 0 Å². The third kappa shape index (κ3) is 3.95. The summed E-state index contributed by atoms with van der Waals surface area (Å²) in [6.45, 7) is 8.13. The summed E-state index contributed by atoms with van der Waals surface area (Å²) in [6, 6.07) is 5.66. The molecule has 9 nitrogen and oxygen atoms in total. The normalized spacial score (nSPS) is 21.9. The molecule has 0 spiro atoms. The van der Waals surface area contributed by atoms with Crippen molar-refractivity contribution in [3.8, 4) is 0 Å². The Morgan fingerprint density at radius 2 is 1.90 bits per heavy atom. The molecule has 0 aliphatic carbocycles. The van der Waals surface area contributed by atoms with Crippen molar-refractivity contribution in [2.45, 2.75) is 51.9 Å². The Kier molecular flexibility index (Phi) is 6.03. The lowest BCUT2D eigenvalue weighted by Crippen LogP contribution is -2.54. The van der Waals surface area contributed by atoms with Crippen LogP contribution < -0.4 is 0 Å². The number of benzene rings is 1.